The van der Waals surface area contributed by atoms with Crippen molar-refractivity contribution < 1.29 is 4.74 Å². The number of aryl methyl sites for hydroxylation is 1. The molecule has 1 aromatic heterocycles. The summed E-state index contributed by atoms with van der Waals surface area (Å²) < 4.78 is 8.46. The molecule has 0 saturated heterocycles. The molecule has 1 atom stereocenters. The van der Waals surface area contributed by atoms with Crippen molar-refractivity contribution in [3.63, 3.8) is 0 Å². The molecule has 2 heterocycles. The minimum absolute atomic E-state index is 0.559. The Labute approximate surface area is 79.8 Å². The second-order valence-electron chi connectivity index (χ2n) is 3.30. The van der Waals surface area contributed by atoms with Crippen LogP contribution in [0.1, 0.15) is 12.6 Å². The third kappa shape index (κ3) is 1.14. The summed E-state index contributed by atoms with van der Waals surface area (Å²) in [6, 6.07) is 0. The van der Waals surface area contributed by atoms with Gasteiger partial charge in [0, 0.05) is 5.92 Å². The first-order chi connectivity index (χ1) is 5.68. The quantitative estimate of drug-likeness (QED) is 0.682. The zero-order chi connectivity index (χ0) is 8.72. The minimum atomic E-state index is 0.559. The Balaban J connectivity index is 2.43. The second kappa shape index (κ2) is 2.76. The van der Waals surface area contributed by atoms with Crippen molar-refractivity contribution >= 4 is 15.9 Å². The van der Waals surface area contributed by atoms with Gasteiger partial charge in [-0.15, -0.1) is 0 Å². The molecular weight excluding hydrogens is 220 g/mol. The predicted octanol–water partition coefficient (Wildman–Crippen LogP) is 1.98. The maximum atomic E-state index is 5.54. The van der Waals surface area contributed by atoms with Crippen LogP contribution < -0.4 is 4.74 Å². The summed E-state index contributed by atoms with van der Waals surface area (Å²) in [5.74, 6) is 1.44. The largest absolute Gasteiger partial charge is 0.477 e. The van der Waals surface area contributed by atoms with Crippen LogP contribution in [0.25, 0.3) is 0 Å². The first-order valence-electron chi connectivity index (χ1n) is 4.04. The maximum Gasteiger partial charge on any atom is 0.226 e. The molecule has 0 spiro atoms. The number of fused-ring (bicyclic) bond motifs is 1. The minimum Gasteiger partial charge on any atom is -0.477 e. The number of hydrogen-bond donors (Lipinski definition) is 0. The average molecular weight is 231 g/mol. The Bertz CT molecular complexity index is 308. The van der Waals surface area contributed by atoms with Gasteiger partial charge in [-0.2, -0.15) is 5.10 Å². The van der Waals surface area contributed by atoms with Crippen LogP contribution in [0.15, 0.2) is 4.47 Å². The van der Waals surface area contributed by atoms with Crippen LogP contribution in [-0.2, 0) is 6.54 Å². The normalized spacial score (nSPS) is 21.8. The van der Waals surface area contributed by atoms with E-state index in [4.69, 9.17) is 4.74 Å². The molecule has 0 aromatic carbocycles. The average Bonchev–Trinajstić information content (AvgIpc) is 2.28. The highest BCUT2D eigenvalue weighted by molar-refractivity contribution is 9.10. The van der Waals surface area contributed by atoms with Gasteiger partial charge >= 0.3 is 0 Å². The fourth-order valence-electron chi connectivity index (χ4n) is 1.37. The lowest BCUT2D eigenvalue weighted by Crippen LogP contribution is -2.23. The maximum absolute atomic E-state index is 5.54. The van der Waals surface area contributed by atoms with Gasteiger partial charge in [-0.3, -0.25) is 0 Å². The van der Waals surface area contributed by atoms with E-state index in [1.54, 1.807) is 0 Å². The Morgan fingerprint density at radius 1 is 1.67 bits per heavy atom. The molecule has 0 radical (unpaired) electrons. The third-order valence-electron chi connectivity index (χ3n) is 2.00. The molecule has 4 heteroatoms. The number of nitrogens with zero attached hydrogens (tertiary/aromatic N) is 2. The number of hydrogen-bond acceptors (Lipinski definition) is 2. The van der Waals surface area contributed by atoms with Crippen molar-refractivity contribution in [1.29, 1.82) is 0 Å². The summed E-state index contributed by atoms with van der Waals surface area (Å²) in [4.78, 5) is 0. The molecular formula is C8H11BrN2O. The van der Waals surface area contributed by atoms with Gasteiger partial charge in [0.25, 0.3) is 0 Å². The highest BCUT2D eigenvalue weighted by Gasteiger charge is 2.21. The highest BCUT2D eigenvalue weighted by Crippen LogP contribution is 2.31. The van der Waals surface area contributed by atoms with Gasteiger partial charge in [-0.25, -0.2) is 4.68 Å². The molecule has 0 bridgehead atoms. The number of aromatic nitrogens is 2. The molecule has 0 amide bonds. The van der Waals surface area contributed by atoms with Gasteiger partial charge in [0.1, 0.15) is 4.47 Å². The van der Waals surface area contributed by atoms with Crippen LogP contribution in [0, 0.1) is 12.8 Å². The summed E-state index contributed by atoms with van der Waals surface area (Å²) in [5, 5.41) is 4.35. The Kier molecular flexibility index (Phi) is 1.87. The van der Waals surface area contributed by atoms with Crippen molar-refractivity contribution in [1.82, 2.24) is 9.78 Å². The summed E-state index contributed by atoms with van der Waals surface area (Å²) in [5.41, 5.74) is 0.999. The summed E-state index contributed by atoms with van der Waals surface area (Å²) >= 11 is 3.45. The molecule has 0 N–H and O–H groups in total. The molecule has 1 aliphatic heterocycles. The van der Waals surface area contributed by atoms with Crippen LogP contribution in [0.2, 0.25) is 0 Å². The van der Waals surface area contributed by atoms with Crippen molar-refractivity contribution in [2.24, 2.45) is 5.92 Å². The highest BCUT2D eigenvalue weighted by atomic mass is 79.9. The molecule has 66 valence electrons. The van der Waals surface area contributed by atoms with Gasteiger partial charge in [-0.1, -0.05) is 6.92 Å². The van der Waals surface area contributed by atoms with Crippen LogP contribution in [-0.4, -0.2) is 16.4 Å². The predicted molar refractivity (Wildman–Crippen MR) is 49.3 cm³/mol. The van der Waals surface area contributed by atoms with Crippen molar-refractivity contribution in [3.8, 4) is 5.88 Å². The molecule has 0 fully saturated rings. The third-order valence-corrected chi connectivity index (χ3v) is 2.91. The SMILES string of the molecule is Cc1nn2c(c1Br)OC[C@@H](C)C2. The van der Waals surface area contributed by atoms with Crippen molar-refractivity contribution in [3.05, 3.63) is 10.2 Å². The fraction of sp³-hybridized carbons (Fsp3) is 0.625. The van der Waals surface area contributed by atoms with Gasteiger partial charge in [0.2, 0.25) is 5.88 Å². The molecule has 1 aromatic rings. The molecule has 0 unspecified atom stereocenters. The smallest absolute Gasteiger partial charge is 0.226 e. The lowest BCUT2D eigenvalue weighted by Gasteiger charge is -2.20. The molecule has 0 saturated carbocycles. The van der Waals surface area contributed by atoms with Crippen LogP contribution in [0.4, 0.5) is 0 Å². The first-order valence-corrected chi connectivity index (χ1v) is 4.83. The monoisotopic (exact) mass is 230 g/mol. The van der Waals surface area contributed by atoms with E-state index in [0.29, 0.717) is 5.92 Å². The zero-order valence-electron chi connectivity index (χ0n) is 7.17. The lowest BCUT2D eigenvalue weighted by molar-refractivity contribution is 0.174. The Morgan fingerprint density at radius 3 is 3.17 bits per heavy atom. The number of ether oxygens (including phenoxy) is 1. The van der Waals surface area contributed by atoms with E-state index < -0.39 is 0 Å². The van der Waals surface area contributed by atoms with E-state index in [1.807, 2.05) is 11.6 Å². The Hall–Kier alpha value is -0.510. The van der Waals surface area contributed by atoms with Crippen LogP contribution >= 0.6 is 15.9 Å². The van der Waals surface area contributed by atoms with E-state index in [-0.39, 0.29) is 0 Å². The number of rotatable bonds is 0. The molecule has 0 aliphatic carbocycles. The van der Waals surface area contributed by atoms with E-state index in [2.05, 4.69) is 28.0 Å². The topological polar surface area (TPSA) is 27.1 Å². The van der Waals surface area contributed by atoms with Gasteiger partial charge in [-0.05, 0) is 22.9 Å². The van der Waals surface area contributed by atoms with Crippen LogP contribution in [0.3, 0.4) is 0 Å². The molecule has 3 nitrogen and oxygen atoms in total. The van der Waals surface area contributed by atoms with E-state index in [0.717, 1.165) is 29.2 Å². The molecule has 2 rings (SSSR count). The van der Waals surface area contributed by atoms with Gasteiger partial charge in [0.15, 0.2) is 0 Å². The van der Waals surface area contributed by atoms with Crippen molar-refractivity contribution in [2.75, 3.05) is 6.61 Å². The van der Waals surface area contributed by atoms with Gasteiger partial charge in [0.05, 0.1) is 18.8 Å². The fourth-order valence-corrected chi connectivity index (χ4v) is 1.77. The Morgan fingerprint density at radius 2 is 2.42 bits per heavy atom. The van der Waals surface area contributed by atoms with Crippen molar-refractivity contribution in [2.45, 2.75) is 20.4 Å². The van der Waals surface area contributed by atoms with Crippen LogP contribution in [0.5, 0.6) is 5.88 Å². The summed E-state index contributed by atoms with van der Waals surface area (Å²) in [6.07, 6.45) is 0. The van der Waals surface area contributed by atoms with E-state index >= 15 is 0 Å². The second-order valence-corrected chi connectivity index (χ2v) is 4.10. The first kappa shape index (κ1) is 8.10. The van der Waals surface area contributed by atoms with Gasteiger partial charge < -0.3 is 4.74 Å². The summed E-state index contributed by atoms with van der Waals surface area (Å²) in [6.45, 7) is 5.89. The van der Waals surface area contributed by atoms with E-state index in [9.17, 15) is 0 Å². The summed E-state index contributed by atoms with van der Waals surface area (Å²) in [7, 11) is 0. The number of halogens is 1. The lowest BCUT2D eigenvalue weighted by atomic mass is 10.2. The molecule has 12 heavy (non-hydrogen) atoms. The van der Waals surface area contributed by atoms with E-state index in [1.165, 1.54) is 0 Å². The standard InChI is InChI=1S/C8H11BrN2O/c1-5-3-11-8(12-4-5)7(9)6(2)10-11/h5H,3-4H2,1-2H3/t5-/m0/s1. The molecule has 1 aliphatic rings. The zero-order valence-corrected chi connectivity index (χ0v) is 8.76.